The van der Waals surface area contributed by atoms with E-state index in [9.17, 15) is 9.18 Å². The van der Waals surface area contributed by atoms with Crippen molar-refractivity contribution in [1.82, 2.24) is 19.9 Å². The van der Waals surface area contributed by atoms with Gasteiger partial charge in [0.15, 0.2) is 11.6 Å². The molecule has 5 aromatic rings. The van der Waals surface area contributed by atoms with E-state index in [-0.39, 0.29) is 17.5 Å². The van der Waals surface area contributed by atoms with E-state index in [1.54, 1.807) is 24.3 Å². The highest BCUT2D eigenvalue weighted by Gasteiger charge is 2.18. The fraction of sp³-hybridized carbons (Fsp3) is 0.138. The summed E-state index contributed by atoms with van der Waals surface area (Å²) in [5.41, 5.74) is 5.76. The van der Waals surface area contributed by atoms with Gasteiger partial charge in [0.05, 0.1) is 17.4 Å². The molecule has 0 fully saturated rings. The maximum Gasteiger partial charge on any atom is 0.258 e. The number of anilines is 1. The maximum absolute atomic E-state index is 13.8. The highest BCUT2D eigenvalue weighted by Crippen LogP contribution is 2.30. The van der Waals surface area contributed by atoms with Crippen molar-refractivity contribution in [2.75, 3.05) is 19.4 Å². The van der Waals surface area contributed by atoms with Crippen molar-refractivity contribution in [3.05, 3.63) is 102 Å². The number of benzene rings is 2. The zero-order chi connectivity index (χ0) is 25.9. The summed E-state index contributed by atoms with van der Waals surface area (Å²) in [5, 5.41) is 3.72. The number of carbonyl (C=O) groups is 1. The number of para-hydroxylation sites is 1. The number of aromatic amines is 1. The van der Waals surface area contributed by atoms with Crippen molar-refractivity contribution in [2.45, 2.75) is 13.5 Å². The molecule has 2 N–H and O–H groups in total. The van der Waals surface area contributed by atoms with Gasteiger partial charge in [-0.1, -0.05) is 18.2 Å². The molecule has 8 heteroatoms. The molecule has 0 atom stereocenters. The molecular weight excluding hydrogens is 469 g/mol. The lowest BCUT2D eigenvalue weighted by atomic mass is 10.0. The summed E-state index contributed by atoms with van der Waals surface area (Å²) in [6.07, 6.45) is 5.17. The van der Waals surface area contributed by atoms with Gasteiger partial charge in [0.25, 0.3) is 5.91 Å². The fourth-order valence-corrected chi connectivity index (χ4v) is 4.24. The van der Waals surface area contributed by atoms with Crippen LogP contribution < -0.4 is 10.1 Å². The van der Waals surface area contributed by atoms with E-state index >= 15 is 0 Å². The number of halogens is 1. The van der Waals surface area contributed by atoms with Crippen LogP contribution >= 0.6 is 0 Å². The summed E-state index contributed by atoms with van der Waals surface area (Å²) in [4.78, 5) is 27.3. The van der Waals surface area contributed by atoms with Crippen LogP contribution in [0, 0.1) is 12.7 Å². The summed E-state index contributed by atoms with van der Waals surface area (Å²) in [5.74, 6) is -0.429. The number of amides is 1. The van der Waals surface area contributed by atoms with Gasteiger partial charge >= 0.3 is 0 Å². The topological polar surface area (TPSA) is 83.1 Å². The molecular formula is C29H26FN5O2. The molecule has 0 aliphatic rings. The summed E-state index contributed by atoms with van der Waals surface area (Å²) >= 11 is 0. The van der Waals surface area contributed by atoms with Crippen molar-refractivity contribution in [3.8, 4) is 22.8 Å². The lowest BCUT2D eigenvalue weighted by Gasteiger charge is -2.11. The third-order valence-electron chi connectivity index (χ3n) is 5.89. The molecule has 0 saturated carbocycles. The number of aromatic nitrogens is 3. The minimum Gasteiger partial charge on any atom is -0.436 e. The lowest BCUT2D eigenvalue weighted by Crippen LogP contribution is -2.13. The first-order valence-corrected chi connectivity index (χ1v) is 11.8. The Balaban J connectivity index is 1.38. The van der Waals surface area contributed by atoms with Crippen molar-refractivity contribution < 1.29 is 13.9 Å². The number of nitrogens with zero attached hydrogens (tertiary/aromatic N) is 3. The average molecular weight is 496 g/mol. The number of H-pyrrole nitrogens is 1. The van der Waals surface area contributed by atoms with Crippen LogP contribution in [0.1, 0.15) is 21.6 Å². The van der Waals surface area contributed by atoms with Crippen LogP contribution in [0.2, 0.25) is 0 Å². The molecule has 0 aliphatic carbocycles. The normalized spacial score (nSPS) is 11.2. The first-order chi connectivity index (χ1) is 17.9. The number of hydrogen-bond acceptors (Lipinski definition) is 5. The molecule has 7 nitrogen and oxygen atoms in total. The van der Waals surface area contributed by atoms with E-state index in [4.69, 9.17) is 4.74 Å². The SMILES string of the molecule is Cc1[nH]c2ccc(-c3cncc(CN(C)C)c3)cc2c1C(=O)Nc1ccc(Oc2ccccc2F)nc1. The van der Waals surface area contributed by atoms with E-state index in [2.05, 4.69) is 31.2 Å². The van der Waals surface area contributed by atoms with Crippen molar-refractivity contribution in [3.63, 3.8) is 0 Å². The highest BCUT2D eigenvalue weighted by molar-refractivity contribution is 6.14. The number of pyridine rings is 2. The molecule has 3 heterocycles. The van der Waals surface area contributed by atoms with Crippen LogP contribution in [0.5, 0.6) is 11.6 Å². The Hall–Kier alpha value is -4.56. The molecule has 0 aliphatic heterocycles. The van der Waals surface area contributed by atoms with E-state index in [0.717, 1.165) is 39.8 Å². The standard InChI is InChI=1S/C29H26FN5O2/c1-18-28(29(36)34-22-9-11-27(32-16-22)37-26-7-5-4-6-24(26)30)23-13-20(8-10-25(23)33-18)21-12-19(14-31-15-21)17-35(2)3/h4-16,33H,17H2,1-3H3,(H,34,36). The number of hydrogen-bond donors (Lipinski definition) is 2. The molecule has 186 valence electrons. The zero-order valence-corrected chi connectivity index (χ0v) is 20.7. The first-order valence-electron chi connectivity index (χ1n) is 11.8. The van der Waals surface area contributed by atoms with Crippen molar-refractivity contribution in [1.29, 1.82) is 0 Å². The smallest absolute Gasteiger partial charge is 0.258 e. The maximum atomic E-state index is 13.8. The van der Waals surface area contributed by atoms with Crippen LogP contribution in [-0.2, 0) is 6.54 Å². The Morgan fingerprint density at radius 3 is 2.62 bits per heavy atom. The van der Waals surface area contributed by atoms with E-state index in [1.165, 1.54) is 18.3 Å². The molecule has 0 unspecified atom stereocenters. The minimum absolute atomic E-state index is 0.0828. The number of aryl methyl sites for hydroxylation is 1. The minimum atomic E-state index is -0.476. The van der Waals surface area contributed by atoms with Gasteiger partial charge in [-0.2, -0.15) is 0 Å². The highest BCUT2D eigenvalue weighted by atomic mass is 19.1. The largest absolute Gasteiger partial charge is 0.436 e. The Kier molecular flexibility index (Phi) is 6.66. The average Bonchev–Trinajstić information content (AvgIpc) is 3.21. The molecule has 0 spiro atoms. The molecule has 3 aromatic heterocycles. The molecule has 0 radical (unpaired) electrons. The second-order valence-electron chi connectivity index (χ2n) is 9.08. The van der Waals surface area contributed by atoms with Gasteiger partial charge in [0, 0.05) is 47.2 Å². The zero-order valence-electron chi connectivity index (χ0n) is 20.7. The Morgan fingerprint density at radius 1 is 1.03 bits per heavy atom. The van der Waals surface area contributed by atoms with Crippen LogP contribution in [0.3, 0.4) is 0 Å². The predicted molar refractivity (Wildman–Crippen MR) is 142 cm³/mol. The van der Waals surface area contributed by atoms with Gasteiger partial charge in [-0.25, -0.2) is 9.37 Å². The number of fused-ring (bicyclic) bond motifs is 1. The molecule has 0 bridgehead atoms. The van der Waals surface area contributed by atoms with Gasteiger partial charge in [-0.15, -0.1) is 0 Å². The number of rotatable bonds is 7. The monoisotopic (exact) mass is 495 g/mol. The fourth-order valence-electron chi connectivity index (χ4n) is 4.24. The first kappa shape index (κ1) is 24.1. The molecule has 0 saturated heterocycles. The van der Waals surface area contributed by atoms with E-state index in [0.29, 0.717) is 11.3 Å². The van der Waals surface area contributed by atoms with Crippen LogP contribution in [0.25, 0.3) is 22.0 Å². The second-order valence-corrected chi connectivity index (χ2v) is 9.08. The third kappa shape index (κ3) is 5.34. The summed E-state index contributed by atoms with van der Waals surface area (Å²) in [7, 11) is 4.04. The van der Waals surface area contributed by atoms with E-state index in [1.807, 2.05) is 51.6 Å². The van der Waals surface area contributed by atoms with E-state index < -0.39 is 5.82 Å². The number of carbonyl (C=O) groups excluding carboxylic acids is 1. The van der Waals surface area contributed by atoms with Gasteiger partial charge < -0.3 is 19.9 Å². The van der Waals surface area contributed by atoms with Crippen molar-refractivity contribution in [2.24, 2.45) is 0 Å². The van der Waals surface area contributed by atoms with Gasteiger partial charge in [0.2, 0.25) is 5.88 Å². The van der Waals surface area contributed by atoms with Crippen LogP contribution in [-0.4, -0.2) is 39.9 Å². The Labute approximate surface area is 214 Å². The van der Waals surface area contributed by atoms with Gasteiger partial charge in [-0.3, -0.25) is 9.78 Å². The number of nitrogens with one attached hydrogen (secondary N) is 2. The third-order valence-corrected chi connectivity index (χ3v) is 5.89. The van der Waals surface area contributed by atoms with Crippen molar-refractivity contribution >= 4 is 22.5 Å². The van der Waals surface area contributed by atoms with Crippen LogP contribution in [0.4, 0.5) is 10.1 Å². The predicted octanol–water partition coefficient (Wildman–Crippen LogP) is 6.18. The van der Waals surface area contributed by atoms with Crippen LogP contribution in [0.15, 0.2) is 79.3 Å². The molecule has 2 aromatic carbocycles. The second kappa shape index (κ2) is 10.2. The summed E-state index contributed by atoms with van der Waals surface area (Å²) in [6.45, 7) is 2.66. The summed E-state index contributed by atoms with van der Waals surface area (Å²) < 4.78 is 19.3. The quantitative estimate of drug-likeness (QED) is 0.282. The van der Waals surface area contributed by atoms with Gasteiger partial charge in [0.1, 0.15) is 0 Å². The molecule has 5 rings (SSSR count). The lowest BCUT2D eigenvalue weighted by molar-refractivity contribution is 0.102. The summed E-state index contributed by atoms with van der Waals surface area (Å²) in [6, 6.07) is 17.5. The van der Waals surface area contributed by atoms with Gasteiger partial charge in [-0.05, 0) is 68.5 Å². The Bertz CT molecular complexity index is 1580. The molecule has 37 heavy (non-hydrogen) atoms. The Morgan fingerprint density at radius 2 is 1.86 bits per heavy atom. The number of ether oxygens (including phenoxy) is 1. The molecule has 1 amide bonds.